The molecule has 2 amide bonds. The zero-order valence-electron chi connectivity index (χ0n) is 15.6. The summed E-state index contributed by atoms with van der Waals surface area (Å²) in [5, 5.41) is 1.11. The zero-order valence-corrected chi connectivity index (χ0v) is 17.2. The van der Waals surface area contributed by atoms with E-state index in [1.54, 1.807) is 18.2 Å². The smallest absolute Gasteiger partial charge is 0.285 e. The van der Waals surface area contributed by atoms with Crippen molar-refractivity contribution >= 4 is 51.9 Å². The molecule has 0 atom stereocenters. The lowest BCUT2D eigenvalue weighted by molar-refractivity contribution is -0.123. The van der Waals surface area contributed by atoms with Gasteiger partial charge in [0.25, 0.3) is 11.8 Å². The van der Waals surface area contributed by atoms with Gasteiger partial charge in [0, 0.05) is 36.7 Å². The molecule has 0 bridgehead atoms. The number of thioether (sulfide) groups is 1. The lowest BCUT2D eigenvalue weighted by Crippen LogP contribution is -2.44. The van der Waals surface area contributed by atoms with Crippen LogP contribution in [0.3, 0.4) is 0 Å². The van der Waals surface area contributed by atoms with Gasteiger partial charge in [-0.2, -0.15) is 5.01 Å². The van der Waals surface area contributed by atoms with Gasteiger partial charge in [-0.25, -0.2) is 0 Å². The van der Waals surface area contributed by atoms with Crippen molar-refractivity contribution in [3.05, 3.63) is 64.8 Å². The third kappa shape index (κ3) is 4.40. The molecule has 1 N–H and O–H groups in total. The summed E-state index contributed by atoms with van der Waals surface area (Å²) in [6, 6.07) is 11.1. The molecule has 0 unspecified atom stereocenters. The van der Waals surface area contributed by atoms with Crippen LogP contribution >= 0.6 is 24.0 Å². The summed E-state index contributed by atoms with van der Waals surface area (Å²) in [6.45, 7) is 6.10. The number of pyridine rings is 1. The normalized spacial score (nSPS) is 15.2. The average molecular weight is 413 g/mol. The molecule has 0 radical (unpaired) electrons. The number of nitrogens with one attached hydrogen (secondary N) is 1. The summed E-state index contributed by atoms with van der Waals surface area (Å²) in [7, 11) is 0. The number of rotatable bonds is 6. The molecular weight excluding hydrogens is 392 g/mol. The minimum absolute atomic E-state index is 0.290. The van der Waals surface area contributed by atoms with Gasteiger partial charge in [0.05, 0.1) is 4.91 Å². The van der Waals surface area contributed by atoms with E-state index in [0.717, 1.165) is 41.1 Å². The molecule has 0 aliphatic carbocycles. The van der Waals surface area contributed by atoms with Crippen LogP contribution in [0.15, 0.2) is 53.7 Å². The molecule has 1 aliphatic rings. The molecule has 1 saturated heterocycles. The Bertz CT molecular complexity index is 910. The lowest BCUT2D eigenvalue weighted by Gasteiger charge is -2.20. The largest absolute Gasteiger partial charge is 0.372 e. The Kier molecular flexibility index (Phi) is 6.43. The first-order valence-electron chi connectivity index (χ1n) is 8.87. The van der Waals surface area contributed by atoms with E-state index in [1.807, 2.05) is 24.3 Å². The van der Waals surface area contributed by atoms with Gasteiger partial charge in [-0.1, -0.05) is 23.9 Å². The molecule has 2 aromatic rings. The first-order valence-corrected chi connectivity index (χ1v) is 10.1. The summed E-state index contributed by atoms with van der Waals surface area (Å²) in [5.41, 5.74) is 5.00. The number of aromatic nitrogens is 1. The minimum atomic E-state index is -0.413. The topological polar surface area (TPSA) is 65.5 Å². The summed E-state index contributed by atoms with van der Waals surface area (Å²) >= 11 is 6.42. The first kappa shape index (κ1) is 20.0. The van der Waals surface area contributed by atoms with Gasteiger partial charge < -0.3 is 4.90 Å². The maximum absolute atomic E-state index is 12.7. The third-order valence-corrected chi connectivity index (χ3v) is 5.57. The Morgan fingerprint density at radius 3 is 2.43 bits per heavy atom. The number of hydrazine groups is 1. The fourth-order valence-corrected chi connectivity index (χ4v) is 3.93. The fourth-order valence-electron chi connectivity index (χ4n) is 2.75. The van der Waals surface area contributed by atoms with Crippen LogP contribution < -0.4 is 10.3 Å². The van der Waals surface area contributed by atoms with Crippen LogP contribution in [0.4, 0.5) is 5.69 Å². The van der Waals surface area contributed by atoms with Crippen molar-refractivity contribution in [1.29, 1.82) is 0 Å². The Labute approximate surface area is 173 Å². The van der Waals surface area contributed by atoms with Crippen LogP contribution in [0.2, 0.25) is 0 Å². The molecule has 3 rings (SSSR count). The number of carbonyl (C=O) groups is 2. The van der Waals surface area contributed by atoms with Gasteiger partial charge in [0.1, 0.15) is 0 Å². The van der Waals surface area contributed by atoms with Crippen molar-refractivity contribution in [3.8, 4) is 0 Å². The predicted octanol–water partition coefficient (Wildman–Crippen LogP) is 3.47. The van der Waals surface area contributed by atoms with E-state index < -0.39 is 5.91 Å². The van der Waals surface area contributed by atoms with Crippen LogP contribution in [0.1, 0.15) is 29.8 Å². The highest BCUT2D eigenvalue weighted by atomic mass is 32.2. The Hall–Kier alpha value is -2.71. The molecule has 0 saturated carbocycles. The van der Waals surface area contributed by atoms with Crippen LogP contribution in [-0.2, 0) is 4.79 Å². The number of hydrogen-bond donors (Lipinski definition) is 1. The molecule has 28 heavy (non-hydrogen) atoms. The molecule has 1 aromatic heterocycles. The van der Waals surface area contributed by atoms with E-state index in [0.29, 0.717) is 14.8 Å². The number of anilines is 1. The van der Waals surface area contributed by atoms with Crippen molar-refractivity contribution in [3.63, 3.8) is 0 Å². The van der Waals surface area contributed by atoms with Crippen LogP contribution in [0.25, 0.3) is 6.08 Å². The van der Waals surface area contributed by atoms with Crippen molar-refractivity contribution in [1.82, 2.24) is 15.4 Å². The monoisotopic (exact) mass is 412 g/mol. The van der Waals surface area contributed by atoms with E-state index >= 15 is 0 Å². The quantitative estimate of drug-likeness (QED) is 0.579. The number of amides is 2. The van der Waals surface area contributed by atoms with Crippen LogP contribution in [0.5, 0.6) is 0 Å². The Morgan fingerprint density at radius 1 is 1.18 bits per heavy atom. The van der Waals surface area contributed by atoms with E-state index in [-0.39, 0.29) is 5.91 Å². The van der Waals surface area contributed by atoms with Gasteiger partial charge in [-0.3, -0.25) is 20.0 Å². The SMILES string of the molecule is CCN(CC)c1ccc(C=C2SC(=S)N(NC(=O)c3ccncc3)C2=O)cc1. The summed E-state index contributed by atoms with van der Waals surface area (Å²) < 4.78 is 0.290. The predicted molar refractivity (Wildman–Crippen MR) is 117 cm³/mol. The second-order valence-corrected chi connectivity index (χ2v) is 7.63. The maximum Gasteiger partial charge on any atom is 0.285 e. The molecule has 0 spiro atoms. The van der Waals surface area contributed by atoms with Gasteiger partial charge in [0.15, 0.2) is 4.32 Å². The standard InChI is InChI=1S/C20H20N4O2S2/c1-3-23(4-2)16-7-5-14(6-8-16)13-17-19(26)24(20(27)28-17)22-18(25)15-9-11-21-12-10-15/h5-13H,3-4H2,1-2H3,(H,22,25). The highest BCUT2D eigenvalue weighted by molar-refractivity contribution is 8.26. The number of carbonyl (C=O) groups excluding carboxylic acids is 2. The number of hydrogen-bond acceptors (Lipinski definition) is 6. The van der Waals surface area contributed by atoms with E-state index in [1.165, 1.54) is 12.4 Å². The summed E-state index contributed by atoms with van der Waals surface area (Å²) in [4.78, 5) is 31.5. The Balaban J connectivity index is 1.73. The van der Waals surface area contributed by atoms with Gasteiger partial charge in [0.2, 0.25) is 0 Å². The second-order valence-electron chi connectivity index (χ2n) is 5.96. The van der Waals surface area contributed by atoms with Crippen LogP contribution in [-0.4, -0.2) is 39.2 Å². The van der Waals surface area contributed by atoms with Crippen molar-refractivity contribution < 1.29 is 9.59 Å². The van der Waals surface area contributed by atoms with E-state index in [4.69, 9.17) is 12.2 Å². The molecule has 8 heteroatoms. The number of benzene rings is 1. The average Bonchev–Trinajstić information content (AvgIpc) is 2.98. The third-order valence-electron chi connectivity index (χ3n) is 4.27. The van der Waals surface area contributed by atoms with Crippen molar-refractivity contribution in [2.24, 2.45) is 0 Å². The van der Waals surface area contributed by atoms with Gasteiger partial charge in [-0.05, 0) is 62.0 Å². The summed E-state index contributed by atoms with van der Waals surface area (Å²) in [5.74, 6) is -0.756. The molecule has 6 nitrogen and oxygen atoms in total. The number of nitrogens with zero attached hydrogens (tertiary/aromatic N) is 3. The highest BCUT2D eigenvalue weighted by Crippen LogP contribution is 2.31. The summed E-state index contributed by atoms with van der Waals surface area (Å²) in [6.07, 6.45) is 4.81. The first-order chi connectivity index (χ1) is 13.5. The molecule has 1 aromatic carbocycles. The molecule has 1 fully saturated rings. The molecule has 2 heterocycles. The molecule has 144 valence electrons. The van der Waals surface area contributed by atoms with Crippen molar-refractivity contribution in [2.75, 3.05) is 18.0 Å². The molecular formula is C20H20N4O2S2. The molecule has 1 aliphatic heterocycles. The van der Waals surface area contributed by atoms with Gasteiger partial charge >= 0.3 is 0 Å². The highest BCUT2D eigenvalue weighted by Gasteiger charge is 2.33. The number of thiocarbonyl (C=S) groups is 1. The van der Waals surface area contributed by atoms with E-state index in [2.05, 4.69) is 29.2 Å². The fraction of sp³-hybridized carbons (Fsp3) is 0.200. The lowest BCUT2D eigenvalue weighted by atomic mass is 10.1. The maximum atomic E-state index is 12.7. The minimum Gasteiger partial charge on any atom is -0.372 e. The van der Waals surface area contributed by atoms with E-state index in [9.17, 15) is 9.59 Å². The zero-order chi connectivity index (χ0) is 20.1. The van der Waals surface area contributed by atoms with Crippen molar-refractivity contribution in [2.45, 2.75) is 13.8 Å². The Morgan fingerprint density at radius 2 is 1.82 bits per heavy atom. The second kappa shape index (κ2) is 8.99. The van der Waals surface area contributed by atoms with Crippen LogP contribution in [0, 0.1) is 0 Å². The van der Waals surface area contributed by atoms with Gasteiger partial charge in [-0.15, -0.1) is 0 Å².